The van der Waals surface area contributed by atoms with Crippen molar-refractivity contribution in [2.24, 2.45) is 0 Å². The molecule has 4 aromatic rings. The van der Waals surface area contributed by atoms with Crippen LogP contribution in [0.15, 0.2) is 82.8 Å². The van der Waals surface area contributed by atoms with E-state index in [-0.39, 0.29) is 11.7 Å². The number of carbonyl (C=O) groups is 1. The van der Waals surface area contributed by atoms with Gasteiger partial charge in [-0.25, -0.2) is 4.98 Å². The van der Waals surface area contributed by atoms with Crippen LogP contribution in [0.1, 0.15) is 10.6 Å². The molecule has 1 N–H and O–H groups in total. The van der Waals surface area contributed by atoms with Crippen LogP contribution in [0.3, 0.4) is 0 Å². The first-order chi connectivity index (χ1) is 12.3. The Balaban J connectivity index is 1.51. The molecule has 25 heavy (non-hydrogen) atoms. The van der Waals surface area contributed by atoms with Gasteiger partial charge in [-0.05, 0) is 24.3 Å². The number of amides is 1. The Hall–Kier alpha value is -3.18. The summed E-state index contributed by atoms with van der Waals surface area (Å²) in [5, 5.41) is 5.84. The summed E-state index contributed by atoms with van der Waals surface area (Å²) >= 11 is 1.62. The van der Waals surface area contributed by atoms with Crippen LogP contribution in [0.2, 0.25) is 0 Å². The summed E-state index contributed by atoms with van der Waals surface area (Å²) in [6.07, 6.45) is 1.48. The van der Waals surface area contributed by atoms with Crippen LogP contribution in [0, 0.1) is 0 Å². The largest absolute Gasteiger partial charge is 0.459 e. The first kappa shape index (κ1) is 15.4. The minimum atomic E-state index is -0.266. The minimum absolute atomic E-state index is 0.266. The number of rotatable bonds is 4. The van der Waals surface area contributed by atoms with E-state index >= 15 is 0 Å². The van der Waals surface area contributed by atoms with Crippen molar-refractivity contribution in [2.75, 3.05) is 5.32 Å². The molecule has 0 atom stereocenters. The van der Waals surface area contributed by atoms with E-state index < -0.39 is 0 Å². The van der Waals surface area contributed by atoms with Gasteiger partial charge >= 0.3 is 0 Å². The van der Waals surface area contributed by atoms with Gasteiger partial charge in [0.05, 0.1) is 12.0 Å². The third-order valence-electron chi connectivity index (χ3n) is 3.71. The van der Waals surface area contributed by atoms with Gasteiger partial charge in [0.25, 0.3) is 5.91 Å². The highest BCUT2D eigenvalue weighted by molar-refractivity contribution is 7.13. The highest BCUT2D eigenvalue weighted by Crippen LogP contribution is 2.29. The quantitative estimate of drug-likeness (QED) is 0.544. The summed E-state index contributed by atoms with van der Waals surface area (Å²) in [5.41, 5.74) is 3.76. The molecule has 4 rings (SSSR count). The van der Waals surface area contributed by atoms with Crippen LogP contribution >= 0.6 is 11.3 Å². The number of thiazole rings is 1. The topological polar surface area (TPSA) is 55.1 Å². The molecule has 2 aromatic heterocycles. The van der Waals surface area contributed by atoms with Crippen molar-refractivity contribution in [2.45, 2.75) is 0 Å². The number of nitrogens with zero attached hydrogens (tertiary/aromatic N) is 1. The molecule has 0 aliphatic rings. The van der Waals surface area contributed by atoms with Gasteiger partial charge in [-0.3, -0.25) is 4.79 Å². The fraction of sp³-hybridized carbons (Fsp3) is 0. The number of anilines is 1. The van der Waals surface area contributed by atoms with Gasteiger partial charge in [-0.1, -0.05) is 42.5 Å². The molecule has 122 valence electrons. The van der Waals surface area contributed by atoms with E-state index in [1.54, 1.807) is 23.5 Å². The van der Waals surface area contributed by atoms with Crippen LogP contribution in [0.25, 0.3) is 21.8 Å². The zero-order valence-corrected chi connectivity index (χ0v) is 14.0. The fourth-order valence-electron chi connectivity index (χ4n) is 2.44. The number of aromatic nitrogens is 1. The van der Waals surface area contributed by atoms with Crippen molar-refractivity contribution in [1.82, 2.24) is 4.98 Å². The number of carbonyl (C=O) groups excluding carboxylic acids is 1. The van der Waals surface area contributed by atoms with Crippen molar-refractivity contribution in [3.05, 3.63) is 84.1 Å². The number of hydrogen-bond acceptors (Lipinski definition) is 4. The smallest absolute Gasteiger partial charge is 0.291 e. The number of furan rings is 1. The monoisotopic (exact) mass is 346 g/mol. The van der Waals surface area contributed by atoms with Crippen LogP contribution in [-0.2, 0) is 0 Å². The number of benzene rings is 2. The molecule has 0 fully saturated rings. The lowest BCUT2D eigenvalue weighted by Gasteiger charge is -2.04. The molecule has 0 radical (unpaired) electrons. The average Bonchev–Trinajstić information content (AvgIpc) is 3.35. The molecule has 0 aliphatic carbocycles. The molecule has 0 aliphatic heterocycles. The molecular formula is C20H14N2O2S. The summed E-state index contributed by atoms with van der Waals surface area (Å²) in [5.74, 6) is 0.0221. The van der Waals surface area contributed by atoms with Crippen molar-refractivity contribution >= 4 is 22.9 Å². The van der Waals surface area contributed by atoms with Gasteiger partial charge in [0, 0.05) is 22.2 Å². The molecule has 0 saturated heterocycles. The summed E-state index contributed by atoms with van der Waals surface area (Å²) in [7, 11) is 0. The maximum atomic E-state index is 12.0. The summed E-state index contributed by atoms with van der Waals surface area (Å²) in [4.78, 5) is 16.7. The molecule has 1 amide bonds. The molecule has 0 bridgehead atoms. The SMILES string of the molecule is O=C(Nc1ccc(-c2csc(-c3ccccc3)n2)cc1)c1ccco1. The van der Waals surface area contributed by atoms with E-state index in [4.69, 9.17) is 9.40 Å². The molecule has 0 unspecified atom stereocenters. The Labute approximate surface area is 148 Å². The third-order valence-corrected chi connectivity index (χ3v) is 4.60. The van der Waals surface area contributed by atoms with E-state index in [0.29, 0.717) is 5.69 Å². The Morgan fingerprint density at radius 1 is 0.920 bits per heavy atom. The zero-order chi connectivity index (χ0) is 17.1. The average molecular weight is 346 g/mol. The van der Waals surface area contributed by atoms with Crippen molar-refractivity contribution in [1.29, 1.82) is 0 Å². The predicted molar refractivity (Wildman–Crippen MR) is 99.6 cm³/mol. The Bertz CT molecular complexity index is 974. The van der Waals surface area contributed by atoms with Gasteiger partial charge < -0.3 is 9.73 Å². The van der Waals surface area contributed by atoms with E-state index in [1.807, 2.05) is 47.8 Å². The van der Waals surface area contributed by atoms with E-state index in [9.17, 15) is 4.79 Å². The van der Waals surface area contributed by atoms with Gasteiger partial charge in [-0.15, -0.1) is 11.3 Å². The second-order valence-corrected chi connectivity index (χ2v) is 6.27. The first-order valence-electron chi connectivity index (χ1n) is 7.76. The summed E-state index contributed by atoms with van der Waals surface area (Å²) in [6.45, 7) is 0. The molecule has 4 nitrogen and oxygen atoms in total. The molecule has 5 heteroatoms. The maximum absolute atomic E-state index is 12.0. The summed E-state index contributed by atoms with van der Waals surface area (Å²) < 4.78 is 5.08. The Morgan fingerprint density at radius 3 is 2.44 bits per heavy atom. The first-order valence-corrected chi connectivity index (χ1v) is 8.64. The second-order valence-electron chi connectivity index (χ2n) is 5.41. The van der Waals surface area contributed by atoms with Crippen LogP contribution in [0.5, 0.6) is 0 Å². The van der Waals surface area contributed by atoms with Gasteiger partial charge in [0.15, 0.2) is 5.76 Å². The van der Waals surface area contributed by atoms with Gasteiger partial charge in [0.2, 0.25) is 0 Å². The Morgan fingerprint density at radius 2 is 1.72 bits per heavy atom. The van der Waals surface area contributed by atoms with E-state index in [0.717, 1.165) is 21.8 Å². The number of nitrogens with one attached hydrogen (secondary N) is 1. The molecule has 2 heterocycles. The number of hydrogen-bond donors (Lipinski definition) is 1. The molecular weight excluding hydrogens is 332 g/mol. The maximum Gasteiger partial charge on any atom is 0.291 e. The standard InChI is InChI=1S/C20H14N2O2S/c23-19(18-7-4-12-24-18)21-16-10-8-14(9-11-16)17-13-25-20(22-17)15-5-2-1-3-6-15/h1-13H,(H,21,23). The van der Waals surface area contributed by atoms with Crippen molar-refractivity contribution < 1.29 is 9.21 Å². The van der Waals surface area contributed by atoms with Crippen LogP contribution in [0.4, 0.5) is 5.69 Å². The lowest BCUT2D eigenvalue weighted by Crippen LogP contribution is -2.10. The highest BCUT2D eigenvalue weighted by Gasteiger charge is 2.10. The lowest BCUT2D eigenvalue weighted by atomic mass is 10.1. The van der Waals surface area contributed by atoms with Gasteiger partial charge in [-0.2, -0.15) is 0 Å². The predicted octanol–water partition coefficient (Wildman–Crippen LogP) is 5.32. The second kappa shape index (κ2) is 6.75. The molecule has 0 spiro atoms. The molecule has 0 saturated carbocycles. The Kier molecular flexibility index (Phi) is 4.14. The lowest BCUT2D eigenvalue weighted by molar-refractivity contribution is 0.0996. The molecule has 2 aromatic carbocycles. The van der Waals surface area contributed by atoms with Crippen molar-refractivity contribution in [3.8, 4) is 21.8 Å². The van der Waals surface area contributed by atoms with E-state index in [1.165, 1.54) is 6.26 Å². The third kappa shape index (κ3) is 3.36. The van der Waals surface area contributed by atoms with Gasteiger partial charge in [0.1, 0.15) is 5.01 Å². The van der Waals surface area contributed by atoms with Crippen molar-refractivity contribution in [3.63, 3.8) is 0 Å². The van der Waals surface area contributed by atoms with E-state index in [2.05, 4.69) is 17.4 Å². The summed E-state index contributed by atoms with van der Waals surface area (Å²) in [6, 6.07) is 21.0. The van der Waals surface area contributed by atoms with Crippen LogP contribution < -0.4 is 5.32 Å². The van der Waals surface area contributed by atoms with Crippen LogP contribution in [-0.4, -0.2) is 10.9 Å². The highest BCUT2D eigenvalue weighted by atomic mass is 32.1. The fourth-order valence-corrected chi connectivity index (χ4v) is 3.28. The minimum Gasteiger partial charge on any atom is -0.459 e. The zero-order valence-electron chi connectivity index (χ0n) is 13.2. The normalized spacial score (nSPS) is 10.6.